The molecular formula is C35H27N3O. The molecule has 4 nitrogen and oxygen atoms in total. The molecule has 4 aromatic carbocycles. The van der Waals surface area contributed by atoms with E-state index in [4.69, 9.17) is 14.7 Å². The highest BCUT2D eigenvalue weighted by Gasteiger charge is 2.18. The second-order valence-electron chi connectivity index (χ2n) is 10.9. The van der Waals surface area contributed by atoms with Gasteiger partial charge in [-0.1, -0.05) is 60.7 Å². The molecule has 3 aromatic heterocycles. The average molecular weight is 506 g/mol. The summed E-state index contributed by atoms with van der Waals surface area (Å²) in [6.45, 7) is 6.10. The molecule has 3 heterocycles. The van der Waals surface area contributed by atoms with Crippen molar-refractivity contribution in [2.45, 2.75) is 26.4 Å². The predicted octanol–water partition coefficient (Wildman–Crippen LogP) is 9.00. The van der Waals surface area contributed by atoms with Crippen LogP contribution in [0, 0.1) is 0 Å². The van der Waals surface area contributed by atoms with E-state index in [-0.39, 0.29) is 5.60 Å². The van der Waals surface area contributed by atoms with Crippen molar-refractivity contribution in [2.75, 3.05) is 0 Å². The summed E-state index contributed by atoms with van der Waals surface area (Å²) < 4.78 is 6.15. The third-order valence-electron chi connectivity index (χ3n) is 7.06. The molecule has 7 rings (SSSR count). The number of pyridine rings is 3. The van der Waals surface area contributed by atoms with Crippen molar-refractivity contribution >= 4 is 43.4 Å². The summed E-state index contributed by atoms with van der Waals surface area (Å²) in [6.07, 6.45) is 3.67. The highest BCUT2D eigenvalue weighted by atomic mass is 16.5. The molecule has 0 radical (unpaired) electrons. The first kappa shape index (κ1) is 23.3. The summed E-state index contributed by atoms with van der Waals surface area (Å²) in [7, 11) is 0. The maximum atomic E-state index is 6.15. The summed E-state index contributed by atoms with van der Waals surface area (Å²) in [5.41, 5.74) is 5.53. The third-order valence-corrected chi connectivity index (χ3v) is 7.06. The van der Waals surface area contributed by atoms with Gasteiger partial charge >= 0.3 is 0 Å². The van der Waals surface area contributed by atoms with E-state index in [1.807, 2.05) is 51.4 Å². The lowest BCUT2D eigenvalue weighted by Crippen LogP contribution is -2.23. The van der Waals surface area contributed by atoms with Crippen molar-refractivity contribution in [3.05, 3.63) is 109 Å². The molecule has 39 heavy (non-hydrogen) atoms. The number of hydrogen-bond acceptors (Lipinski definition) is 4. The quantitative estimate of drug-likeness (QED) is 0.225. The Labute approximate surface area is 227 Å². The Kier molecular flexibility index (Phi) is 5.31. The first-order valence-electron chi connectivity index (χ1n) is 13.2. The Morgan fingerprint density at radius 3 is 2.08 bits per heavy atom. The van der Waals surface area contributed by atoms with Crippen LogP contribution < -0.4 is 4.74 Å². The lowest BCUT2D eigenvalue weighted by molar-refractivity contribution is 0.124. The SMILES string of the molecule is CC(C)(C)Oc1ccc2ccc3c(-c4ccncc4)cc(-c4cc5ccccc5c5ccccc45)nc3c2n1. The Bertz CT molecular complexity index is 2020. The number of hydrogen-bond donors (Lipinski definition) is 0. The van der Waals surface area contributed by atoms with E-state index in [1.54, 1.807) is 0 Å². The van der Waals surface area contributed by atoms with Crippen LogP contribution in [0.1, 0.15) is 20.8 Å². The minimum Gasteiger partial charge on any atom is -0.472 e. The normalized spacial score (nSPS) is 12.0. The minimum absolute atomic E-state index is 0.351. The van der Waals surface area contributed by atoms with E-state index in [2.05, 4.69) is 83.8 Å². The second-order valence-corrected chi connectivity index (χ2v) is 10.9. The number of rotatable bonds is 3. The van der Waals surface area contributed by atoms with Crippen molar-refractivity contribution in [1.82, 2.24) is 15.0 Å². The lowest BCUT2D eigenvalue weighted by atomic mass is 9.93. The molecule has 0 unspecified atom stereocenters. The van der Waals surface area contributed by atoms with Gasteiger partial charge < -0.3 is 4.74 Å². The van der Waals surface area contributed by atoms with E-state index in [0.29, 0.717) is 5.88 Å². The van der Waals surface area contributed by atoms with Crippen molar-refractivity contribution in [3.63, 3.8) is 0 Å². The van der Waals surface area contributed by atoms with E-state index < -0.39 is 0 Å². The van der Waals surface area contributed by atoms with Gasteiger partial charge in [-0.15, -0.1) is 0 Å². The standard InChI is InChI=1S/C35H27N3O/c1-35(2,3)39-32-15-13-23-12-14-28-29(22-16-18-36-19-17-22)21-31(37-34(28)33(23)38-32)30-20-24-8-4-5-9-25(24)26-10-6-7-11-27(26)30/h4-21H,1-3H3. The van der Waals surface area contributed by atoms with Gasteiger partial charge in [0.1, 0.15) is 11.1 Å². The third kappa shape index (κ3) is 4.15. The van der Waals surface area contributed by atoms with Gasteiger partial charge in [-0.3, -0.25) is 4.98 Å². The number of fused-ring (bicyclic) bond motifs is 6. The molecule has 4 heteroatoms. The van der Waals surface area contributed by atoms with E-state index in [1.165, 1.54) is 21.5 Å². The first-order valence-corrected chi connectivity index (χ1v) is 13.2. The van der Waals surface area contributed by atoms with Crippen LogP contribution in [-0.2, 0) is 0 Å². The van der Waals surface area contributed by atoms with Gasteiger partial charge in [0.25, 0.3) is 0 Å². The monoisotopic (exact) mass is 505 g/mol. The Balaban J connectivity index is 1.59. The number of aromatic nitrogens is 3. The number of nitrogens with zero attached hydrogens (tertiary/aromatic N) is 3. The van der Waals surface area contributed by atoms with Crippen molar-refractivity contribution in [2.24, 2.45) is 0 Å². The smallest absolute Gasteiger partial charge is 0.214 e. The van der Waals surface area contributed by atoms with Crippen LogP contribution in [-0.4, -0.2) is 20.6 Å². The molecule has 0 bridgehead atoms. The van der Waals surface area contributed by atoms with Crippen molar-refractivity contribution in [3.8, 4) is 28.3 Å². The van der Waals surface area contributed by atoms with Crippen LogP contribution in [0.15, 0.2) is 109 Å². The molecule has 0 saturated heterocycles. The van der Waals surface area contributed by atoms with Gasteiger partial charge in [0.15, 0.2) is 0 Å². The van der Waals surface area contributed by atoms with E-state index in [0.717, 1.165) is 44.2 Å². The minimum atomic E-state index is -0.351. The summed E-state index contributed by atoms with van der Waals surface area (Å²) in [5, 5.41) is 6.89. The summed E-state index contributed by atoms with van der Waals surface area (Å²) >= 11 is 0. The van der Waals surface area contributed by atoms with Gasteiger partial charge in [0, 0.05) is 34.8 Å². The van der Waals surface area contributed by atoms with Crippen LogP contribution in [0.3, 0.4) is 0 Å². The molecule has 0 atom stereocenters. The van der Waals surface area contributed by atoms with Gasteiger partial charge in [0.05, 0.1) is 11.2 Å². The van der Waals surface area contributed by atoms with Crippen molar-refractivity contribution in [1.29, 1.82) is 0 Å². The maximum Gasteiger partial charge on any atom is 0.214 e. The molecule has 0 amide bonds. The van der Waals surface area contributed by atoms with Crippen LogP contribution in [0.2, 0.25) is 0 Å². The number of benzene rings is 4. The first-order chi connectivity index (χ1) is 18.9. The van der Waals surface area contributed by atoms with Gasteiger partial charge in [-0.05, 0) is 83.8 Å². The molecule has 0 saturated carbocycles. The zero-order valence-electron chi connectivity index (χ0n) is 22.1. The Morgan fingerprint density at radius 1 is 0.564 bits per heavy atom. The van der Waals surface area contributed by atoms with Crippen LogP contribution in [0.5, 0.6) is 5.88 Å². The zero-order chi connectivity index (χ0) is 26.6. The van der Waals surface area contributed by atoms with Gasteiger partial charge in [0.2, 0.25) is 5.88 Å². The van der Waals surface area contributed by atoms with E-state index in [9.17, 15) is 0 Å². The molecule has 0 fully saturated rings. The highest BCUT2D eigenvalue weighted by Crippen LogP contribution is 2.39. The molecule has 0 aliphatic rings. The van der Waals surface area contributed by atoms with Crippen LogP contribution >= 0.6 is 0 Å². The molecule has 7 aromatic rings. The van der Waals surface area contributed by atoms with Crippen LogP contribution in [0.4, 0.5) is 0 Å². The highest BCUT2D eigenvalue weighted by molar-refractivity contribution is 6.15. The summed E-state index contributed by atoms with van der Waals surface area (Å²) in [5.74, 6) is 0.594. The van der Waals surface area contributed by atoms with Gasteiger partial charge in [-0.25, -0.2) is 9.97 Å². The summed E-state index contributed by atoms with van der Waals surface area (Å²) in [4.78, 5) is 14.6. The average Bonchev–Trinajstić information content (AvgIpc) is 2.95. The Morgan fingerprint density at radius 2 is 1.28 bits per heavy atom. The summed E-state index contributed by atoms with van der Waals surface area (Å²) in [6, 6.07) is 33.9. The number of ether oxygens (including phenoxy) is 1. The predicted molar refractivity (Wildman–Crippen MR) is 161 cm³/mol. The zero-order valence-corrected chi connectivity index (χ0v) is 22.1. The molecule has 0 N–H and O–H groups in total. The lowest BCUT2D eigenvalue weighted by Gasteiger charge is -2.20. The fourth-order valence-corrected chi connectivity index (χ4v) is 5.40. The topological polar surface area (TPSA) is 47.9 Å². The van der Waals surface area contributed by atoms with E-state index >= 15 is 0 Å². The van der Waals surface area contributed by atoms with Crippen molar-refractivity contribution < 1.29 is 4.74 Å². The Hall–Kier alpha value is -4.83. The maximum absolute atomic E-state index is 6.15. The fourth-order valence-electron chi connectivity index (χ4n) is 5.40. The fraction of sp³-hybridized carbons (Fsp3) is 0.114. The second kappa shape index (κ2) is 8.88. The molecule has 0 aliphatic carbocycles. The molecule has 0 aliphatic heterocycles. The molecule has 188 valence electrons. The molecule has 0 spiro atoms. The van der Waals surface area contributed by atoms with Crippen LogP contribution in [0.25, 0.3) is 65.7 Å². The largest absolute Gasteiger partial charge is 0.472 e. The van der Waals surface area contributed by atoms with Gasteiger partial charge in [-0.2, -0.15) is 0 Å². The molecular weight excluding hydrogens is 478 g/mol.